The molecule has 0 aliphatic rings. The van der Waals surface area contributed by atoms with Gasteiger partial charge in [-0.2, -0.15) is 0 Å². The first kappa shape index (κ1) is 24.3. The van der Waals surface area contributed by atoms with Crippen LogP contribution in [0.15, 0.2) is 54.6 Å². The van der Waals surface area contributed by atoms with Gasteiger partial charge in [-0.05, 0) is 61.2 Å². The fraction of sp³-hybridized carbons (Fsp3) is 0.320. The van der Waals surface area contributed by atoms with Crippen molar-refractivity contribution in [2.75, 3.05) is 6.61 Å². The number of ether oxygens (including phenoxy) is 2. The Morgan fingerprint density at radius 3 is 1.79 bits per heavy atom. The van der Waals surface area contributed by atoms with Gasteiger partial charge >= 0.3 is 12.0 Å². The van der Waals surface area contributed by atoms with Gasteiger partial charge in [0.05, 0.1) is 6.61 Å². The molecule has 0 aliphatic heterocycles. The van der Waals surface area contributed by atoms with Gasteiger partial charge in [0.25, 0.3) is 0 Å². The van der Waals surface area contributed by atoms with Crippen LogP contribution in [0.25, 0.3) is 0 Å². The number of carboxylic acids is 1. The molecule has 1 aromatic heterocycles. The van der Waals surface area contributed by atoms with Crippen LogP contribution in [0.2, 0.25) is 0 Å². The van der Waals surface area contributed by atoms with Crippen molar-refractivity contribution in [3.8, 4) is 6.01 Å². The van der Waals surface area contributed by atoms with E-state index < -0.39 is 29.3 Å². The van der Waals surface area contributed by atoms with Crippen molar-refractivity contribution in [1.29, 1.82) is 0 Å². The van der Waals surface area contributed by atoms with E-state index >= 15 is 0 Å². The van der Waals surface area contributed by atoms with E-state index in [4.69, 9.17) is 9.47 Å². The van der Waals surface area contributed by atoms with Crippen LogP contribution in [-0.2, 0) is 15.1 Å². The lowest BCUT2D eigenvalue weighted by molar-refractivity contribution is -0.165. The van der Waals surface area contributed by atoms with Gasteiger partial charge < -0.3 is 14.6 Å². The molecule has 1 atom stereocenters. The summed E-state index contributed by atoms with van der Waals surface area (Å²) in [7, 11) is 0. The molecule has 6 nitrogen and oxygen atoms in total. The predicted octanol–water partition coefficient (Wildman–Crippen LogP) is 4.82. The lowest BCUT2D eigenvalue weighted by Crippen LogP contribution is -2.52. The molecule has 174 valence electrons. The summed E-state index contributed by atoms with van der Waals surface area (Å²) in [6.45, 7) is 7.43. The Labute approximate surface area is 191 Å². The highest BCUT2D eigenvalue weighted by Crippen LogP contribution is 2.40. The molecule has 8 heteroatoms. The molecule has 0 amide bonds. The van der Waals surface area contributed by atoms with E-state index in [0.29, 0.717) is 22.5 Å². The van der Waals surface area contributed by atoms with E-state index in [-0.39, 0.29) is 18.5 Å². The number of halogens is 2. The molecule has 3 aromatic rings. The first-order valence-electron chi connectivity index (χ1n) is 10.5. The van der Waals surface area contributed by atoms with Crippen LogP contribution < -0.4 is 4.74 Å². The second-order valence-corrected chi connectivity index (χ2v) is 8.22. The van der Waals surface area contributed by atoms with Gasteiger partial charge in [-0.25, -0.2) is 23.5 Å². The van der Waals surface area contributed by atoms with Gasteiger partial charge in [0.2, 0.25) is 6.10 Å². The standard InChI is InChI=1S/C25H26F2N2O4/c1-15(2)14-32-25(18-5-9-20(26)10-6-18,19-7-11-21(27)12-8-19)22(23(30)31)33-24-28-16(3)13-17(4)29-24/h5-13,15,22H,14H2,1-4H3,(H,30,31)/t22-/m1/s1. The van der Waals surface area contributed by atoms with Gasteiger partial charge in [0, 0.05) is 11.4 Å². The number of aromatic nitrogens is 2. The maximum absolute atomic E-state index is 13.8. The predicted molar refractivity (Wildman–Crippen MR) is 118 cm³/mol. The summed E-state index contributed by atoms with van der Waals surface area (Å²) in [4.78, 5) is 21.1. The molecule has 0 saturated heterocycles. The molecule has 0 fully saturated rings. The summed E-state index contributed by atoms with van der Waals surface area (Å²) in [5.74, 6) is -2.32. The van der Waals surface area contributed by atoms with Crippen molar-refractivity contribution in [3.63, 3.8) is 0 Å². The molecule has 0 saturated carbocycles. The number of aliphatic carboxylic acids is 1. The SMILES string of the molecule is Cc1cc(C)nc(O[C@H](C(=O)O)C(OCC(C)C)(c2ccc(F)cc2)c2ccc(F)cc2)n1. The van der Waals surface area contributed by atoms with E-state index in [2.05, 4.69) is 9.97 Å². The average Bonchev–Trinajstić information content (AvgIpc) is 2.74. The van der Waals surface area contributed by atoms with Crippen LogP contribution in [-0.4, -0.2) is 33.8 Å². The molecule has 3 rings (SSSR count). The summed E-state index contributed by atoms with van der Waals surface area (Å²) in [5.41, 5.74) is 0.0945. The molecule has 0 bridgehead atoms. The van der Waals surface area contributed by atoms with Crippen LogP contribution in [0, 0.1) is 31.4 Å². The molecule has 33 heavy (non-hydrogen) atoms. The highest BCUT2D eigenvalue weighted by molar-refractivity contribution is 5.76. The van der Waals surface area contributed by atoms with Crippen molar-refractivity contribution < 1.29 is 28.2 Å². The lowest BCUT2D eigenvalue weighted by atomic mass is 9.80. The molecule has 0 unspecified atom stereocenters. The molecule has 1 heterocycles. The number of nitrogens with zero attached hydrogens (tertiary/aromatic N) is 2. The summed E-state index contributed by atoms with van der Waals surface area (Å²) in [6.07, 6.45) is -1.67. The van der Waals surface area contributed by atoms with Crippen molar-refractivity contribution in [2.45, 2.75) is 39.4 Å². The Morgan fingerprint density at radius 1 is 0.939 bits per heavy atom. The van der Waals surface area contributed by atoms with Crippen LogP contribution in [0.1, 0.15) is 36.4 Å². The molecule has 0 aliphatic carbocycles. The number of hydrogen-bond acceptors (Lipinski definition) is 5. The van der Waals surface area contributed by atoms with Crippen LogP contribution in [0.4, 0.5) is 8.78 Å². The Hall–Kier alpha value is -3.39. The van der Waals surface area contributed by atoms with E-state index in [1.807, 2.05) is 13.8 Å². The third-order valence-corrected chi connectivity index (χ3v) is 4.97. The molecular formula is C25H26F2N2O4. The lowest BCUT2D eigenvalue weighted by Gasteiger charge is -2.39. The summed E-state index contributed by atoms with van der Waals surface area (Å²) < 4.78 is 39.7. The Balaban J connectivity index is 2.27. The van der Waals surface area contributed by atoms with Gasteiger partial charge in [-0.3, -0.25) is 0 Å². The van der Waals surface area contributed by atoms with Crippen molar-refractivity contribution in [3.05, 3.63) is 88.7 Å². The smallest absolute Gasteiger partial charge is 0.348 e. The number of carbonyl (C=O) groups is 1. The normalized spacial score (nSPS) is 12.6. The number of aryl methyl sites for hydroxylation is 2. The fourth-order valence-corrected chi connectivity index (χ4v) is 3.56. The second kappa shape index (κ2) is 10.0. The largest absolute Gasteiger partial charge is 0.478 e. The van der Waals surface area contributed by atoms with E-state index in [0.717, 1.165) is 0 Å². The van der Waals surface area contributed by atoms with Crippen LogP contribution >= 0.6 is 0 Å². The Kier molecular flexibility index (Phi) is 7.38. The zero-order chi connectivity index (χ0) is 24.2. The molecular weight excluding hydrogens is 430 g/mol. The molecule has 0 spiro atoms. The molecule has 0 radical (unpaired) electrons. The number of carboxylic acid groups (broad SMARTS) is 1. The topological polar surface area (TPSA) is 81.5 Å². The molecule has 1 N–H and O–H groups in total. The van der Waals surface area contributed by atoms with E-state index in [9.17, 15) is 18.7 Å². The maximum Gasteiger partial charge on any atom is 0.348 e. The quantitative estimate of drug-likeness (QED) is 0.497. The van der Waals surface area contributed by atoms with E-state index in [1.54, 1.807) is 19.9 Å². The van der Waals surface area contributed by atoms with Crippen molar-refractivity contribution in [1.82, 2.24) is 9.97 Å². The summed E-state index contributed by atoms with van der Waals surface area (Å²) in [6, 6.07) is 12.1. The van der Waals surface area contributed by atoms with Gasteiger partial charge in [0.1, 0.15) is 11.6 Å². The number of hydrogen-bond donors (Lipinski definition) is 1. The maximum atomic E-state index is 13.8. The van der Waals surface area contributed by atoms with Crippen LogP contribution in [0.5, 0.6) is 6.01 Å². The van der Waals surface area contributed by atoms with E-state index in [1.165, 1.54) is 48.5 Å². The Bertz CT molecular complexity index is 1040. The monoisotopic (exact) mass is 456 g/mol. The van der Waals surface area contributed by atoms with Crippen molar-refractivity contribution in [2.24, 2.45) is 5.92 Å². The highest BCUT2D eigenvalue weighted by Gasteiger charge is 2.50. The number of benzene rings is 2. The Morgan fingerprint density at radius 2 is 1.39 bits per heavy atom. The van der Waals surface area contributed by atoms with Gasteiger partial charge in [-0.1, -0.05) is 38.1 Å². The highest BCUT2D eigenvalue weighted by atomic mass is 19.1. The summed E-state index contributed by atoms with van der Waals surface area (Å²) in [5, 5.41) is 10.3. The minimum Gasteiger partial charge on any atom is -0.478 e. The minimum atomic E-state index is -1.75. The third-order valence-electron chi connectivity index (χ3n) is 4.97. The molecule has 2 aromatic carbocycles. The van der Waals surface area contributed by atoms with Gasteiger partial charge in [0.15, 0.2) is 5.60 Å². The minimum absolute atomic E-state index is 0.0252. The summed E-state index contributed by atoms with van der Waals surface area (Å²) >= 11 is 0. The zero-order valence-corrected chi connectivity index (χ0v) is 18.9. The number of rotatable bonds is 9. The van der Waals surface area contributed by atoms with Gasteiger partial charge in [-0.15, -0.1) is 0 Å². The van der Waals surface area contributed by atoms with Crippen molar-refractivity contribution >= 4 is 5.97 Å². The zero-order valence-electron chi connectivity index (χ0n) is 18.9. The van der Waals surface area contributed by atoms with Crippen LogP contribution in [0.3, 0.4) is 0 Å². The third kappa shape index (κ3) is 5.51. The fourth-order valence-electron chi connectivity index (χ4n) is 3.56. The average molecular weight is 456 g/mol. The second-order valence-electron chi connectivity index (χ2n) is 8.22. The first-order valence-corrected chi connectivity index (χ1v) is 10.5. The first-order chi connectivity index (χ1) is 15.6.